The lowest BCUT2D eigenvalue weighted by molar-refractivity contribution is -0.138. The van der Waals surface area contributed by atoms with E-state index in [0.29, 0.717) is 12.8 Å². The van der Waals surface area contributed by atoms with E-state index in [-0.39, 0.29) is 18.6 Å². The molecule has 0 atom stereocenters. The van der Waals surface area contributed by atoms with Gasteiger partial charge in [0.05, 0.1) is 6.42 Å². The van der Waals surface area contributed by atoms with Gasteiger partial charge in [0, 0.05) is 19.3 Å². The Labute approximate surface area is 78.1 Å². The standard InChI is InChI=1S/C10H14O3/c1-2-3-4-5-6-9(11)7-8-10(12)13/h1H,3-8H2,(H,12,13). The number of unbranched alkanes of at least 4 members (excludes halogenated alkanes) is 2. The van der Waals surface area contributed by atoms with E-state index >= 15 is 0 Å². The Morgan fingerprint density at radius 1 is 1.15 bits per heavy atom. The Balaban J connectivity index is 3.31. The molecule has 1 N–H and O–H groups in total. The van der Waals surface area contributed by atoms with Crippen LogP contribution in [0.15, 0.2) is 0 Å². The van der Waals surface area contributed by atoms with E-state index in [1.54, 1.807) is 0 Å². The number of carbonyl (C=O) groups is 2. The van der Waals surface area contributed by atoms with Crippen molar-refractivity contribution in [1.82, 2.24) is 0 Å². The molecule has 0 unspecified atom stereocenters. The molecule has 0 aromatic carbocycles. The summed E-state index contributed by atoms with van der Waals surface area (Å²) in [6, 6.07) is 0. The van der Waals surface area contributed by atoms with Crippen LogP contribution in [0.5, 0.6) is 0 Å². The minimum atomic E-state index is -0.919. The van der Waals surface area contributed by atoms with Crippen molar-refractivity contribution in [3.05, 3.63) is 0 Å². The molecule has 0 spiro atoms. The van der Waals surface area contributed by atoms with Gasteiger partial charge in [0.15, 0.2) is 0 Å². The molecule has 0 radical (unpaired) electrons. The minimum absolute atomic E-state index is 0.0134. The highest BCUT2D eigenvalue weighted by molar-refractivity contribution is 5.82. The Bertz CT molecular complexity index is 213. The summed E-state index contributed by atoms with van der Waals surface area (Å²) in [4.78, 5) is 21.1. The molecular weight excluding hydrogens is 168 g/mol. The zero-order chi connectivity index (χ0) is 10.1. The average molecular weight is 182 g/mol. The van der Waals surface area contributed by atoms with E-state index in [0.717, 1.165) is 12.8 Å². The highest BCUT2D eigenvalue weighted by Gasteiger charge is 2.04. The molecule has 0 aromatic rings. The first-order valence-corrected chi connectivity index (χ1v) is 4.33. The summed E-state index contributed by atoms with van der Waals surface area (Å²) in [7, 11) is 0. The number of terminal acetylenes is 1. The van der Waals surface area contributed by atoms with Gasteiger partial charge in [0.2, 0.25) is 0 Å². The monoisotopic (exact) mass is 182 g/mol. The molecule has 0 rings (SSSR count). The van der Waals surface area contributed by atoms with E-state index in [1.807, 2.05) is 0 Å². The van der Waals surface area contributed by atoms with Crippen molar-refractivity contribution in [3.8, 4) is 12.3 Å². The van der Waals surface area contributed by atoms with Gasteiger partial charge in [0.25, 0.3) is 0 Å². The third-order valence-electron chi connectivity index (χ3n) is 1.64. The van der Waals surface area contributed by atoms with Crippen LogP contribution in [0.3, 0.4) is 0 Å². The number of hydrogen-bond donors (Lipinski definition) is 1. The fraction of sp³-hybridized carbons (Fsp3) is 0.600. The fourth-order valence-electron chi connectivity index (χ4n) is 0.921. The predicted octanol–water partition coefficient (Wildman–Crippen LogP) is 1.61. The molecule has 0 aliphatic carbocycles. The molecule has 0 bridgehead atoms. The van der Waals surface area contributed by atoms with Crippen molar-refractivity contribution in [2.75, 3.05) is 0 Å². The number of Topliss-reactive ketones (excluding diaryl/α,β-unsaturated/α-hetero) is 1. The maximum absolute atomic E-state index is 11.0. The third kappa shape index (κ3) is 8.61. The zero-order valence-corrected chi connectivity index (χ0v) is 7.58. The first kappa shape index (κ1) is 11.7. The van der Waals surface area contributed by atoms with E-state index in [1.165, 1.54) is 0 Å². The van der Waals surface area contributed by atoms with Gasteiger partial charge in [-0.15, -0.1) is 12.3 Å². The number of rotatable bonds is 7. The van der Waals surface area contributed by atoms with Crippen molar-refractivity contribution in [1.29, 1.82) is 0 Å². The lowest BCUT2D eigenvalue weighted by atomic mass is 10.1. The molecule has 0 aliphatic rings. The highest BCUT2D eigenvalue weighted by Crippen LogP contribution is 2.03. The molecule has 0 saturated carbocycles. The van der Waals surface area contributed by atoms with Gasteiger partial charge in [-0.05, 0) is 12.8 Å². The summed E-state index contributed by atoms with van der Waals surface area (Å²) in [5.74, 6) is 1.58. The van der Waals surface area contributed by atoms with Crippen LogP contribution < -0.4 is 0 Å². The lowest BCUT2D eigenvalue weighted by Crippen LogP contribution is -2.02. The van der Waals surface area contributed by atoms with Gasteiger partial charge in [-0.3, -0.25) is 9.59 Å². The van der Waals surface area contributed by atoms with Crippen LogP contribution in [0.2, 0.25) is 0 Å². The number of ketones is 1. The highest BCUT2D eigenvalue weighted by atomic mass is 16.4. The average Bonchev–Trinajstić information content (AvgIpc) is 2.09. The van der Waals surface area contributed by atoms with Crippen molar-refractivity contribution >= 4 is 11.8 Å². The van der Waals surface area contributed by atoms with Crippen LogP contribution in [0.1, 0.15) is 38.5 Å². The van der Waals surface area contributed by atoms with Gasteiger partial charge in [-0.1, -0.05) is 0 Å². The Kier molecular flexibility index (Phi) is 6.62. The van der Waals surface area contributed by atoms with E-state index in [9.17, 15) is 9.59 Å². The second kappa shape index (κ2) is 7.35. The minimum Gasteiger partial charge on any atom is -0.481 e. The molecule has 0 amide bonds. The topological polar surface area (TPSA) is 54.4 Å². The summed E-state index contributed by atoms with van der Waals surface area (Å²) >= 11 is 0. The molecule has 0 aliphatic heterocycles. The summed E-state index contributed by atoms with van der Waals surface area (Å²) in [5, 5.41) is 8.29. The predicted molar refractivity (Wildman–Crippen MR) is 49.2 cm³/mol. The van der Waals surface area contributed by atoms with E-state index in [2.05, 4.69) is 5.92 Å². The van der Waals surface area contributed by atoms with Gasteiger partial charge < -0.3 is 5.11 Å². The molecule has 3 nitrogen and oxygen atoms in total. The second-order valence-corrected chi connectivity index (χ2v) is 2.84. The van der Waals surface area contributed by atoms with Crippen LogP contribution in [0.25, 0.3) is 0 Å². The number of aliphatic carboxylic acids is 1. The Morgan fingerprint density at radius 2 is 1.85 bits per heavy atom. The van der Waals surface area contributed by atoms with Gasteiger partial charge in [-0.2, -0.15) is 0 Å². The maximum Gasteiger partial charge on any atom is 0.303 e. The molecule has 0 fully saturated rings. The maximum atomic E-state index is 11.0. The summed E-state index contributed by atoms with van der Waals surface area (Å²) in [6.07, 6.45) is 7.86. The number of hydrogen-bond acceptors (Lipinski definition) is 2. The Morgan fingerprint density at radius 3 is 2.38 bits per heavy atom. The summed E-state index contributed by atoms with van der Waals surface area (Å²) in [5.41, 5.74) is 0. The fourth-order valence-corrected chi connectivity index (χ4v) is 0.921. The number of carboxylic acids is 1. The van der Waals surface area contributed by atoms with Crippen molar-refractivity contribution < 1.29 is 14.7 Å². The Hall–Kier alpha value is -1.30. The molecule has 72 valence electrons. The van der Waals surface area contributed by atoms with Gasteiger partial charge >= 0.3 is 5.97 Å². The first-order chi connectivity index (χ1) is 6.16. The van der Waals surface area contributed by atoms with E-state index < -0.39 is 5.97 Å². The van der Waals surface area contributed by atoms with Crippen LogP contribution in [-0.4, -0.2) is 16.9 Å². The summed E-state index contributed by atoms with van der Waals surface area (Å²) in [6.45, 7) is 0. The van der Waals surface area contributed by atoms with E-state index in [4.69, 9.17) is 11.5 Å². The van der Waals surface area contributed by atoms with Crippen LogP contribution in [-0.2, 0) is 9.59 Å². The molecule has 13 heavy (non-hydrogen) atoms. The molecule has 0 heterocycles. The SMILES string of the molecule is C#CCCCCC(=O)CCC(=O)O. The third-order valence-corrected chi connectivity index (χ3v) is 1.64. The van der Waals surface area contributed by atoms with Gasteiger partial charge in [0.1, 0.15) is 5.78 Å². The number of carboxylic acid groups (broad SMARTS) is 1. The van der Waals surface area contributed by atoms with Gasteiger partial charge in [-0.25, -0.2) is 0 Å². The van der Waals surface area contributed by atoms with Crippen molar-refractivity contribution in [2.45, 2.75) is 38.5 Å². The quantitative estimate of drug-likeness (QED) is 0.480. The zero-order valence-electron chi connectivity index (χ0n) is 7.58. The largest absolute Gasteiger partial charge is 0.481 e. The molecular formula is C10H14O3. The number of carbonyl (C=O) groups excluding carboxylic acids is 1. The molecule has 3 heteroatoms. The molecule has 0 aromatic heterocycles. The van der Waals surface area contributed by atoms with Crippen molar-refractivity contribution in [3.63, 3.8) is 0 Å². The van der Waals surface area contributed by atoms with Crippen LogP contribution in [0, 0.1) is 12.3 Å². The summed E-state index contributed by atoms with van der Waals surface area (Å²) < 4.78 is 0. The first-order valence-electron chi connectivity index (χ1n) is 4.33. The van der Waals surface area contributed by atoms with Crippen LogP contribution in [0.4, 0.5) is 0 Å². The van der Waals surface area contributed by atoms with Crippen LogP contribution >= 0.6 is 0 Å². The molecule has 0 saturated heterocycles. The smallest absolute Gasteiger partial charge is 0.303 e. The second-order valence-electron chi connectivity index (χ2n) is 2.84. The normalized spacial score (nSPS) is 9.15. The van der Waals surface area contributed by atoms with Crippen molar-refractivity contribution in [2.24, 2.45) is 0 Å². The lowest BCUT2D eigenvalue weighted by Gasteiger charge is -1.96.